The number of carbonyl (C=O) groups excluding carboxylic acids is 6. The van der Waals surface area contributed by atoms with Gasteiger partial charge in [0.1, 0.15) is 46.3 Å². The first-order valence-electron chi connectivity index (χ1n) is 33.5. The quantitative estimate of drug-likeness (QED) is 0.0671. The molecule has 4 heterocycles. The van der Waals surface area contributed by atoms with Crippen LogP contribution in [-0.2, 0) is 66.7 Å². The van der Waals surface area contributed by atoms with Gasteiger partial charge in [-0.1, -0.05) is 46.4 Å². The highest BCUT2D eigenvalue weighted by Gasteiger charge is 2.41. The molecule has 0 aliphatic rings. The van der Waals surface area contributed by atoms with Crippen molar-refractivity contribution in [2.75, 3.05) is 42.7 Å². The van der Waals surface area contributed by atoms with Gasteiger partial charge in [0.2, 0.25) is 0 Å². The molecule has 12 rings (SSSR count). The minimum Gasteiger partial charge on any atom is -0.496 e. The van der Waals surface area contributed by atoms with Crippen LogP contribution in [0.2, 0.25) is 20.1 Å². The number of halogens is 10. The number of aromatic nitrogens is 4. The number of aliphatic carboxylic acids is 2. The highest BCUT2D eigenvalue weighted by molar-refractivity contribution is 6.32. The second-order valence-corrected chi connectivity index (χ2v) is 26.7. The fourth-order valence-electron chi connectivity index (χ4n) is 13.1. The number of benzene rings is 8. The van der Waals surface area contributed by atoms with Gasteiger partial charge in [-0.05, 0) is 196 Å². The van der Waals surface area contributed by atoms with E-state index in [0.717, 1.165) is 41.6 Å². The molecule has 32 heteroatoms. The molecule has 0 aliphatic heterocycles. The molecule has 0 saturated heterocycles. The van der Waals surface area contributed by atoms with Crippen LogP contribution in [0.1, 0.15) is 109 Å². The number of hydrogen-bond donors (Lipinski definition) is 2. The van der Waals surface area contributed by atoms with Crippen molar-refractivity contribution in [2.24, 2.45) is 0 Å². The second-order valence-electron chi connectivity index (χ2n) is 24.9. The Morgan fingerprint density at radius 1 is 0.386 bits per heavy atom. The van der Waals surface area contributed by atoms with E-state index in [1.165, 1.54) is 106 Å². The molecule has 8 aromatic carbocycles. The highest BCUT2D eigenvalue weighted by Crippen LogP contribution is 2.46. The maximum absolute atomic E-state index is 13.9. The van der Waals surface area contributed by atoms with Crippen LogP contribution in [-0.4, -0.2) is 119 Å². The van der Waals surface area contributed by atoms with Crippen LogP contribution < -0.4 is 18.9 Å². The van der Waals surface area contributed by atoms with Gasteiger partial charge in [0.15, 0.2) is 0 Å². The van der Waals surface area contributed by atoms with E-state index in [-0.39, 0.29) is 85.7 Å². The molecule has 0 fully saturated rings. The Labute approximate surface area is 664 Å². The molecule has 0 bridgehead atoms. The van der Waals surface area contributed by atoms with E-state index in [0.29, 0.717) is 92.6 Å². The Bertz CT molecular complexity index is 5810. The molecular weight excluding hydrogens is 1580 g/mol. The number of nitriles is 2. The molecule has 114 heavy (non-hydrogen) atoms. The summed E-state index contributed by atoms with van der Waals surface area (Å²) in [6.07, 6.45) is -10.8. The average molecular weight is 1650 g/mol. The number of carboxylic acid groups (broad SMARTS) is 2. The van der Waals surface area contributed by atoms with Gasteiger partial charge >= 0.3 is 36.2 Å². The lowest BCUT2D eigenvalue weighted by atomic mass is 10.0. The summed E-state index contributed by atoms with van der Waals surface area (Å²) in [6, 6.07) is 39.9. The van der Waals surface area contributed by atoms with Gasteiger partial charge in [-0.3, -0.25) is 56.6 Å². The van der Waals surface area contributed by atoms with Crippen LogP contribution in [0.4, 0.5) is 26.3 Å². The van der Waals surface area contributed by atoms with E-state index in [1.807, 2.05) is 0 Å². The third-order valence-corrected chi connectivity index (χ3v) is 19.4. The average Bonchev–Trinajstić information content (AvgIpc) is 1.55. The summed E-state index contributed by atoms with van der Waals surface area (Å²) < 4.78 is 117. The molecule has 4 aromatic heterocycles. The van der Waals surface area contributed by atoms with E-state index in [1.54, 1.807) is 86.6 Å². The van der Waals surface area contributed by atoms with Crippen molar-refractivity contribution in [1.82, 2.24) is 18.3 Å². The van der Waals surface area contributed by atoms with E-state index in [2.05, 4.69) is 12.1 Å². The zero-order valence-corrected chi connectivity index (χ0v) is 64.8. The number of alkyl halides is 6. The van der Waals surface area contributed by atoms with Crippen molar-refractivity contribution in [3.8, 4) is 35.1 Å². The fraction of sp³-hybridized carbons (Fsp3) is 0.195. The number of carboxylic acids is 2. The van der Waals surface area contributed by atoms with Crippen molar-refractivity contribution in [1.29, 1.82) is 10.5 Å². The number of nitrogens with zero attached hydrogens (tertiary/aromatic N) is 6. The number of ether oxygens (including phenoxy) is 6. The first kappa shape index (κ1) is 85.4. The SMILES string of the molecule is COC(=O)Cc1c(C)n(C(=O)c2ccc(Cl)cc2)c2cc(C#N)c(OC)cc12.COC(=O)Cc1c(C)n(C(=O)c2ccc(Cl)cc2)c2ccc(OC)c(C#N)c12.COc1cc2c(CC(=O)O)c(C)n(C(=O)c3ccc(Cl)cc3)c2cc1C(F)(F)F.COc1ccc2c(c(CC(=O)O)c(C)n2C(=O)c2ccc(Cl)cc2)c1C(F)(F)F. The van der Waals surface area contributed by atoms with Crippen molar-refractivity contribution >= 4 is 138 Å². The van der Waals surface area contributed by atoms with Gasteiger partial charge in [-0.25, -0.2) is 0 Å². The lowest BCUT2D eigenvalue weighted by Gasteiger charge is -2.14. The summed E-state index contributed by atoms with van der Waals surface area (Å²) in [4.78, 5) is 99.1. The Morgan fingerprint density at radius 2 is 0.711 bits per heavy atom. The Balaban J connectivity index is 0.000000174. The van der Waals surface area contributed by atoms with E-state index < -0.39 is 83.5 Å². The number of hydrogen-bond acceptors (Lipinski definition) is 16. The van der Waals surface area contributed by atoms with Crippen LogP contribution in [0.15, 0.2) is 146 Å². The largest absolute Gasteiger partial charge is 0.496 e. The molecule has 0 spiro atoms. The number of rotatable bonds is 16. The molecule has 0 aliphatic carbocycles. The van der Waals surface area contributed by atoms with Crippen LogP contribution in [0.25, 0.3) is 43.6 Å². The van der Waals surface area contributed by atoms with Crippen molar-refractivity contribution in [2.45, 2.75) is 65.7 Å². The predicted molar refractivity (Wildman–Crippen MR) is 411 cm³/mol. The van der Waals surface area contributed by atoms with Crippen LogP contribution in [0.3, 0.4) is 0 Å². The minimum absolute atomic E-state index is 0.00517. The van der Waals surface area contributed by atoms with Gasteiger partial charge in [0.25, 0.3) is 23.6 Å². The summed E-state index contributed by atoms with van der Waals surface area (Å²) in [5, 5.41) is 40.4. The number of esters is 2. The minimum atomic E-state index is -4.82. The number of methoxy groups -OCH3 is 6. The molecular formula is C82H64Cl4F6N6O16. The van der Waals surface area contributed by atoms with Crippen molar-refractivity contribution in [3.05, 3.63) is 255 Å². The molecule has 22 nitrogen and oxygen atoms in total. The molecule has 0 radical (unpaired) electrons. The summed E-state index contributed by atoms with van der Waals surface area (Å²) >= 11 is 23.5. The standard InChI is InChI=1S/2C21H17ClN2O4.2C20H15ClF3NO4/c1-12-16(10-20(25)28-3)17-9-19(27-2)14(11-23)8-18(17)24(12)21(26)13-4-6-15(22)7-5-13;1-12-15(10-19(25)28-3)20-16(11-23)18(27-2)9-8-17(20)24(12)21(26)13-4-6-14(22)7-5-13;1-10-13(8-18(26)27)14-7-17(29-2)15(20(22,23)24)9-16(14)25(10)19(28)11-3-5-12(21)6-4-11;1-10-13(9-16(26)27)17-14(7-8-15(29-2)18(17)20(22,23)24)25(10)19(28)11-3-5-12(21)6-4-11/h2*4-9H,10H2,1-3H3;3-7,9H,8H2,1-2H3,(H,26,27);3-8H,9H2,1-2H3,(H,26,27). The molecule has 588 valence electrons. The van der Waals surface area contributed by atoms with Gasteiger partial charge in [-0.2, -0.15) is 36.9 Å². The van der Waals surface area contributed by atoms with Crippen molar-refractivity contribution < 1.29 is 103 Å². The summed E-state index contributed by atoms with van der Waals surface area (Å²) in [5.41, 5.74) is 3.44. The molecule has 0 atom stereocenters. The topological polar surface area (TPSA) is 300 Å². The normalized spacial score (nSPS) is 11.1. The molecule has 0 unspecified atom stereocenters. The van der Waals surface area contributed by atoms with Crippen molar-refractivity contribution in [3.63, 3.8) is 0 Å². The molecule has 2 N–H and O–H groups in total. The lowest BCUT2D eigenvalue weighted by Crippen LogP contribution is -2.15. The smallest absolute Gasteiger partial charge is 0.420 e. The Hall–Kier alpha value is -12.6. The first-order valence-corrected chi connectivity index (χ1v) is 35.0. The predicted octanol–water partition coefficient (Wildman–Crippen LogP) is 17.7. The monoisotopic (exact) mass is 1640 g/mol. The zero-order chi connectivity index (χ0) is 83.9. The summed E-state index contributed by atoms with van der Waals surface area (Å²) in [6.45, 7) is 6.40. The van der Waals surface area contributed by atoms with Gasteiger partial charge in [0.05, 0.1) is 102 Å². The zero-order valence-electron chi connectivity index (χ0n) is 61.8. The molecule has 0 saturated carbocycles. The Morgan fingerprint density at radius 3 is 1.06 bits per heavy atom. The first-order chi connectivity index (χ1) is 53.9. The third kappa shape index (κ3) is 17.7. The molecule has 0 amide bonds. The highest BCUT2D eigenvalue weighted by atomic mass is 35.5. The van der Waals surface area contributed by atoms with E-state index in [9.17, 15) is 85.4 Å². The Kier molecular flexibility index (Phi) is 26.5. The van der Waals surface area contributed by atoms with Crippen LogP contribution >= 0.6 is 46.4 Å². The summed E-state index contributed by atoms with van der Waals surface area (Å²) in [7, 11) is 7.72. The summed E-state index contributed by atoms with van der Waals surface area (Å²) in [5.74, 6) is -5.31. The number of fused-ring (bicyclic) bond motifs is 4. The lowest BCUT2D eigenvalue weighted by molar-refractivity contribution is -0.140. The fourth-order valence-corrected chi connectivity index (χ4v) is 13.6. The van der Waals surface area contributed by atoms with Gasteiger partial charge in [-0.15, -0.1) is 0 Å². The van der Waals surface area contributed by atoms with Gasteiger partial charge < -0.3 is 38.6 Å². The van der Waals surface area contributed by atoms with Gasteiger partial charge in [0, 0.05) is 86.7 Å². The molecule has 12 aromatic rings. The maximum Gasteiger partial charge on any atom is 0.420 e. The van der Waals surface area contributed by atoms with E-state index >= 15 is 0 Å². The van der Waals surface area contributed by atoms with Crippen LogP contribution in [0.5, 0.6) is 23.0 Å². The second kappa shape index (κ2) is 35.4. The number of carbonyl (C=O) groups is 8. The maximum atomic E-state index is 13.9. The van der Waals surface area contributed by atoms with E-state index in [4.69, 9.17) is 74.8 Å². The van der Waals surface area contributed by atoms with Crippen LogP contribution in [0, 0.1) is 50.4 Å². The third-order valence-electron chi connectivity index (χ3n) is 18.4.